The predicted molar refractivity (Wildman–Crippen MR) is 83.5 cm³/mol. The SMILES string of the molecule is CC(NC(=O)c1ccc2ccccc2c1O)C1CCNC1. The molecule has 0 aromatic heterocycles. The molecule has 1 fully saturated rings. The number of fused-ring (bicyclic) bond motifs is 1. The van der Waals surface area contributed by atoms with Crippen LogP contribution in [0.3, 0.4) is 0 Å². The Bertz CT molecular complexity index is 663. The molecule has 4 nitrogen and oxygen atoms in total. The van der Waals surface area contributed by atoms with Gasteiger partial charge in [0.1, 0.15) is 5.75 Å². The second kappa shape index (κ2) is 5.74. The van der Waals surface area contributed by atoms with Crippen LogP contribution in [0.1, 0.15) is 23.7 Å². The Morgan fingerprint density at radius 1 is 1.33 bits per heavy atom. The highest BCUT2D eigenvalue weighted by Crippen LogP contribution is 2.28. The molecule has 3 rings (SSSR count). The van der Waals surface area contributed by atoms with Gasteiger partial charge in [-0.25, -0.2) is 0 Å². The molecule has 2 aromatic rings. The standard InChI is InChI=1S/C17H20N2O2/c1-11(13-8-9-18-10-13)19-17(21)15-7-6-12-4-2-3-5-14(12)16(15)20/h2-7,11,13,18,20H,8-10H2,1H3,(H,19,21). The Kier molecular flexibility index (Phi) is 3.80. The van der Waals surface area contributed by atoms with Crippen LogP contribution in [-0.2, 0) is 0 Å². The van der Waals surface area contributed by atoms with Crippen LogP contribution in [0.2, 0.25) is 0 Å². The van der Waals surface area contributed by atoms with Gasteiger partial charge in [0.15, 0.2) is 0 Å². The van der Waals surface area contributed by atoms with Crippen molar-refractivity contribution in [1.29, 1.82) is 0 Å². The van der Waals surface area contributed by atoms with Gasteiger partial charge in [-0.3, -0.25) is 4.79 Å². The van der Waals surface area contributed by atoms with Crippen LogP contribution in [0.5, 0.6) is 5.75 Å². The summed E-state index contributed by atoms with van der Waals surface area (Å²) in [4.78, 5) is 12.4. The van der Waals surface area contributed by atoms with E-state index in [9.17, 15) is 9.90 Å². The zero-order valence-corrected chi connectivity index (χ0v) is 12.1. The molecular formula is C17H20N2O2. The van der Waals surface area contributed by atoms with Gasteiger partial charge in [0, 0.05) is 11.4 Å². The van der Waals surface area contributed by atoms with Crippen LogP contribution in [0.15, 0.2) is 36.4 Å². The van der Waals surface area contributed by atoms with Gasteiger partial charge in [-0.05, 0) is 43.8 Å². The summed E-state index contributed by atoms with van der Waals surface area (Å²) >= 11 is 0. The normalized spacial score (nSPS) is 19.6. The molecule has 1 amide bonds. The minimum Gasteiger partial charge on any atom is -0.506 e. The zero-order valence-electron chi connectivity index (χ0n) is 12.1. The van der Waals surface area contributed by atoms with Crippen molar-refractivity contribution in [2.45, 2.75) is 19.4 Å². The average molecular weight is 284 g/mol. The summed E-state index contributed by atoms with van der Waals surface area (Å²) in [5.41, 5.74) is 0.339. The van der Waals surface area contributed by atoms with Crippen molar-refractivity contribution in [1.82, 2.24) is 10.6 Å². The van der Waals surface area contributed by atoms with Crippen LogP contribution >= 0.6 is 0 Å². The number of benzene rings is 2. The third-order valence-electron chi connectivity index (χ3n) is 4.31. The Morgan fingerprint density at radius 3 is 2.90 bits per heavy atom. The van der Waals surface area contributed by atoms with Crippen LogP contribution < -0.4 is 10.6 Å². The van der Waals surface area contributed by atoms with Crippen molar-refractivity contribution in [2.75, 3.05) is 13.1 Å². The Morgan fingerprint density at radius 2 is 2.14 bits per heavy atom. The van der Waals surface area contributed by atoms with E-state index in [-0.39, 0.29) is 17.7 Å². The third-order valence-corrected chi connectivity index (χ3v) is 4.31. The first kappa shape index (κ1) is 13.9. The van der Waals surface area contributed by atoms with Crippen LogP contribution in [-0.4, -0.2) is 30.1 Å². The van der Waals surface area contributed by atoms with Crippen molar-refractivity contribution in [3.05, 3.63) is 42.0 Å². The lowest BCUT2D eigenvalue weighted by molar-refractivity contribution is 0.0926. The molecule has 110 valence electrons. The van der Waals surface area contributed by atoms with Gasteiger partial charge in [0.05, 0.1) is 5.56 Å². The van der Waals surface area contributed by atoms with E-state index < -0.39 is 0 Å². The number of phenols is 1. The lowest BCUT2D eigenvalue weighted by atomic mass is 9.99. The number of phenolic OH excluding ortho intramolecular Hbond substituents is 1. The van der Waals surface area contributed by atoms with Crippen molar-refractivity contribution in [3.63, 3.8) is 0 Å². The first-order valence-electron chi connectivity index (χ1n) is 7.39. The Hall–Kier alpha value is -2.07. The summed E-state index contributed by atoms with van der Waals surface area (Å²) in [7, 11) is 0. The van der Waals surface area contributed by atoms with E-state index in [1.165, 1.54) is 0 Å². The van der Waals surface area contributed by atoms with Crippen LogP contribution in [0.25, 0.3) is 10.8 Å². The highest BCUT2D eigenvalue weighted by atomic mass is 16.3. The van der Waals surface area contributed by atoms with E-state index in [1.54, 1.807) is 6.07 Å². The maximum atomic E-state index is 12.4. The molecule has 2 atom stereocenters. The van der Waals surface area contributed by atoms with E-state index in [0.29, 0.717) is 16.9 Å². The van der Waals surface area contributed by atoms with Crippen molar-refractivity contribution in [2.24, 2.45) is 5.92 Å². The molecule has 1 saturated heterocycles. The number of hydrogen-bond acceptors (Lipinski definition) is 3. The van der Waals surface area contributed by atoms with E-state index in [0.717, 1.165) is 24.9 Å². The largest absolute Gasteiger partial charge is 0.506 e. The van der Waals surface area contributed by atoms with E-state index in [2.05, 4.69) is 10.6 Å². The first-order chi connectivity index (χ1) is 10.2. The molecule has 1 aliphatic rings. The summed E-state index contributed by atoms with van der Waals surface area (Å²) in [5.74, 6) is 0.302. The molecule has 2 aromatic carbocycles. The molecule has 4 heteroatoms. The van der Waals surface area contributed by atoms with Crippen LogP contribution in [0, 0.1) is 5.92 Å². The number of carbonyl (C=O) groups is 1. The quantitative estimate of drug-likeness (QED) is 0.810. The fourth-order valence-corrected chi connectivity index (χ4v) is 2.94. The van der Waals surface area contributed by atoms with Gasteiger partial charge < -0.3 is 15.7 Å². The average Bonchev–Trinajstić information content (AvgIpc) is 3.02. The summed E-state index contributed by atoms with van der Waals surface area (Å²) in [5, 5.41) is 18.3. The van der Waals surface area contributed by atoms with Gasteiger partial charge in [-0.2, -0.15) is 0 Å². The minimum absolute atomic E-state index is 0.0577. The molecule has 0 saturated carbocycles. The van der Waals surface area contributed by atoms with Crippen molar-refractivity contribution in [3.8, 4) is 5.75 Å². The summed E-state index contributed by atoms with van der Waals surface area (Å²) < 4.78 is 0. The van der Waals surface area contributed by atoms with E-state index in [4.69, 9.17) is 0 Å². The molecule has 0 bridgehead atoms. The van der Waals surface area contributed by atoms with Crippen molar-refractivity contribution >= 4 is 16.7 Å². The van der Waals surface area contributed by atoms with Gasteiger partial charge in [0.25, 0.3) is 5.91 Å². The number of aromatic hydroxyl groups is 1. The fourth-order valence-electron chi connectivity index (χ4n) is 2.94. The maximum absolute atomic E-state index is 12.4. The maximum Gasteiger partial charge on any atom is 0.255 e. The zero-order chi connectivity index (χ0) is 14.8. The predicted octanol–water partition coefficient (Wildman–Crippen LogP) is 2.27. The number of rotatable bonds is 3. The van der Waals surface area contributed by atoms with Crippen LogP contribution in [0.4, 0.5) is 0 Å². The van der Waals surface area contributed by atoms with Gasteiger partial charge >= 0.3 is 0 Å². The molecule has 21 heavy (non-hydrogen) atoms. The topological polar surface area (TPSA) is 61.4 Å². The van der Waals surface area contributed by atoms with Gasteiger partial charge in [0.2, 0.25) is 0 Å². The molecule has 2 unspecified atom stereocenters. The molecule has 0 radical (unpaired) electrons. The smallest absolute Gasteiger partial charge is 0.255 e. The van der Waals surface area contributed by atoms with Gasteiger partial charge in [-0.15, -0.1) is 0 Å². The molecular weight excluding hydrogens is 264 g/mol. The number of hydrogen-bond donors (Lipinski definition) is 3. The second-order valence-electron chi connectivity index (χ2n) is 5.70. The number of carbonyl (C=O) groups excluding carboxylic acids is 1. The third kappa shape index (κ3) is 2.72. The lowest BCUT2D eigenvalue weighted by Crippen LogP contribution is -2.38. The van der Waals surface area contributed by atoms with E-state index in [1.807, 2.05) is 37.3 Å². The minimum atomic E-state index is -0.211. The molecule has 3 N–H and O–H groups in total. The van der Waals surface area contributed by atoms with Crippen molar-refractivity contribution < 1.29 is 9.90 Å². The number of amides is 1. The Balaban J connectivity index is 1.82. The summed E-state index contributed by atoms with van der Waals surface area (Å²) in [6.07, 6.45) is 1.07. The lowest BCUT2D eigenvalue weighted by Gasteiger charge is -2.20. The highest BCUT2D eigenvalue weighted by Gasteiger charge is 2.24. The monoisotopic (exact) mass is 284 g/mol. The fraction of sp³-hybridized carbons (Fsp3) is 0.353. The molecule has 0 aliphatic carbocycles. The highest BCUT2D eigenvalue weighted by molar-refractivity contribution is 6.03. The summed E-state index contributed by atoms with van der Waals surface area (Å²) in [6, 6.07) is 11.2. The van der Waals surface area contributed by atoms with Gasteiger partial charge in [-0.1, -0.05) is 30.3 Å². The summed E-state index contributed by atoms with van der Waals surface area (Å²) in [6.45, 7) is 3.96. The Labute approximate surface area is 124 Å². The first-order valence-corrected chi connectivity index (χ1v) is 7.39. The molecule has 0 spiro atoms. The number of nitrogens with one attached hydrogen (secondary N) is 2. The molecule has 1 aliphatic heterocycles. The molecule has 1 heterocycles. The van der Waals surface area contributed by atoms with E-state index >= 15 is 0 Å². The second-order valence-corrected chi connectivity index (χ2v) is 5.70.